The molecule has 0 bridgehead atoms. The van der Waals surface area contributed by atoms with Crippen LogP contribution < -0.4 is 0 Å². The van der Waals surface area contributed by atoms with Crippen molar-refractivity contribution < 1.29 is 13.9 Å². The van der Waals surface area contributed by atoms with Crippen molar-refractivity contribution in [3.05, 3.63) is 41.9 Å². The minimum Gasteiger partial charge on any atom is -0.388 e. The number of aliphatic hydroxyl groups is 1. The van der Waals surface area contributed by atoms with Crippen molar-refractivity contribution in [1.82, 2.24) is 9.97 Å². The third-order valence-corrected chi connectivity index (χ3v) is 2.01. The molecule has 0 saturated heterocycles. The molecule has 3 nitrogen and oxygen atoms in total. The van der Waals surface area contributed by atoms with E-state index in [1.54, 1.807) is 0 Å². The second-order valence-corrected chi connectivity index (χ2v) is 3.03. The molecule has 0 atom stereocenters. The smallest absolute Gasteiger partial charge is 0.159 e. The lowest BCUT2D eigenvalue weighted by atomic mass is 10.1. The fourth-order valence-corrected chi connectivity index (χ4v) is 1.25. The molecule has 0 saturated carbocycles. The Labute approximate surface area is 84.4 Å². The maximum atomic E-state index is 12.9. The molecule has 1 heterocycles. The summed E-state index contributed by atoms with van der Waals surface area (Å²) in [6.45, 7) is -0.219. The average Bonchev–Trinajstić information content (AvgIpc) is 2.70. The third kappa shape index (κ3) is 1.87. The number of halogens is 2. The second kappa shape index (κ2) is 3.78. The van der Waals surface area contributed by atoms with Crippen molar-refractivity contribution in [3.63, 3.8) is 0 Å². The molecule has 1 aromatic heterocycles. The molecule has 1 aromatic carbocycles. The largest absolute Gasteiger partial charge is 0.388 e. The van der Waals surface area contributed by atoms with E-state index in [-0.39, 0.29) is 6.61 Å². The van der Waals surface area contributed by atoms with Crippen LogP contribution in [0.1, 0.15) is 5.82 Å². The summed E-state index contributed by atoms with van der Waals surface area (Å²) < 4.78 is 25.5. The van der Waals surface area contributed by atoms with Gasteiger partial charge in [-0.3, -0.25) is 0 Å². The van der Waals surface area contributed by atoms with Crippen molar-refractivity contribution >= 4 is 0 Å². The minimum absolute atomic E-state index is 0.219. The van der Waals surface area contributed by atoms with Crippen molar-refractivity contribution in [2.45, 2.75) is 6.61 Å². The molecule has 0 unspecified atom stereocenters. The first-order chi connectivity index (χ1) is 7.20. The maximum Gasteiger partial charge on any atom is 0.159 e. The van der Waals surface area contributed by atoms with E-state index in [0.717, 1.165) is 12.1 Å². The molecule has 2 N–H and O–H groups in total. The van der Waals surface area contributed by atoms with Crippen LogP contribution in [0.15, 0.2) is 24.4 Å². The van der Waals surface area contributed by atoms with Gasteiger partial charge in [0.25, 0.3) is 0 Å². The number of nitrogens with zero attached hydrogens (tertiary/aromatic N) is 1. The fraction of sp³-hybridized carbons (Fsp3) is 0.100. The predicted octanol–water partition coefficient (Wildman–Crippen LogP) is 1.85. The van der Waals surface area contributed by atoms with Gasteiger partial charge >= 0.3 is 0 Å². The summed E-state index contributed by atoms with van der Waals surface area (Å²) in [5.74, 6) is -1.41. The molecule has 0 radical (unpaired) electrons. The van der Waals surface area contributed by atoms with Gasteiger partial charge in [-0.2, -0.15) is 0 Å². The van der Waals surface area contributed by atoms with Crippen LogP contribution in [-0.2, 0) is 6.61 Å². The Bertz CT molecular complexity index is 482. The van der Waals surface area contributed by atoms with Gasteiger partial charge in [0.2, 0.25) is 0 Å². The highest BCUT2D eigenvalue weighted by Crippen LogP contribution is 2.19. The van der Waals surface area contributed by atoms with E-state index in [1.807, 2.05) is 0 Å². The van der Waals surface area contributed by atoms with Gasteiger partial charge < -0.3 is 10.1 Å². The lowest BCUT2D eigenvalue weighted by Gasteiger charge is -1.98. The fourth-order valence-electron chi connectivity index (χ4n) is 1.25. The number of nitrogens with one attached hydrogen (secondary N) is 1. The molecular weight excluding hydrogens is 202 g/mol. The van der Waals surface area contributed by atoms with Crippen LogP contribution >= 0.6 is 0 Å². The summed E-state index contributed by atoms with van der Waals surface area (Å²) in [5, 5.41) is 8.77. The van der Waals surface area contributed by atoms with Crippen molar-refractivity contribution in [2.24, 2.45) is 0 Å². The summed E-state index contributed by atoms with van der Waals surface area (Å²) in [6, 6.07) is 3.56. The third-order valence-electron chi connectivity index (χ3n) is 2.01. The molecular formula is C10H8F2N2O. The van der Waals surface area contributed by atoms with E-state index >= 15 is 0 Å². The van der Waals surface area contributed by atoms with E-state index in [2.05, 4.69) is 9.97 Å². The van der Waals surface area contributed by atoms with Gasteiger partial charge in [-0.1, -0.05) is 0 Å². The number of hydrogen-bond acceptors (Lipinski definition) is 2. The average molecular weight is 210 g/mol. The van der Waals surface area contributed by atoms with Crippen LogP contribution in [0, 0.1) is 11.6 Å². The predicted molar refractivity (Wildman–Crippen MR) is 49.9 cm³/mol. The Morgan fingerprint density at radius 3 is 2.67 bits per heavy atom. The van der Waals surface area contributed by atoms with Crippen LogP contribution in [0.4, 0.5) is 8.78 Å². The number of aromatic nitrogens is 2. The number of imidazole rings is 1. The van der Waals surface area contributed by atoms with Gasteiger partial charge in [0.05, 0.1) is 11.9 Å². The van der Waals surface area contributed by atoms with Crippen molar-refractivity contribution in [2.75, 3.05) is 0 Å². The van der Waals surface area contributed by atoms with E-state index in [4.69, 9.17) is 5.11 Å². The first kappa shape index (κ1) is 9.79. The summed E-state index contributed by atoms with van der Waals surface area (Å²) in [6.07, 6.45) is 1.46. The summed E-state index contributed by atoms with van der Waals surface area (Å²) in [4.78, 5) is 6.62. The lowest BCUT2D eigenvalue weighted by Crippen LogP contribution is -1.87. The van der Waals surface area contributed by atoms with Crippen LogP contribution in [0.3, 0.4) is 0 Å². The first-order valence-electron chi connectivity index (χ1n) is 4.31. The number of hydrogen-bond donors (Lipinski definition) is 2. The van der Waals surface area contributed by atoms with Crippen molar-refractivity contribution in [3.8, 4) is 11.3 Å². The Morgan fingerprint density at radius 2 is 2.07 bits per heavy atom. The number of H-pyrrole nitrogens is 1. The summed E-state index contributed by atoms with van der Waals surface area (Å²) in [5.41, 5.74) is 1.03. The van der Waals surface area contributed by atoms with Gasteiger partial charge in [-0.25, -0.2) is 13.8 Å². The first-order valence-corrected chi connectivity index (χ1v) is 4.31. The van der Waals surface area contributed by atoms with Gasteiger partial charge in [0, 0.05) is 5.56 Å². The topological polar surface area (TPSA) is 48.9 Å². The second-order valence-electron chi connectivity index (χ2n) is 3.03. The monoisotopic (exact) mass is 210 g/mol. The molecule has 0 spiro atoms. The zero-order chi connectivity index (χ0) is 10.8. The van der Waals surface area contributed by atoms with E-state index < -0.39 is 11.6 Å². The highest BCUT2D eigenvalue weighted by Gasteiger charge is 2.06. The number of aromatic amines is 1. The normalized spacial score (nSPS) is 10.6. The Balaban J connectivity index is 2.40. The molecule has 15 heavy (non-hydrogen) atoms. The molecule has 0 fully saturated rings. The van der Waals surface area contributed by atoms with Crippen LogP contribution in [-0.4, -0.2) is 15.1 Å². The Kier molecular flexibility index (Phi) is 2.47. The zero-order valence-electron chi connectivity index (χ0n) is 7.67. The lowest BCUT2D eigenvalue weighted by molar-refractivity contribution is 0.272. The highest BCUT2D eigenvalue weighted by molar-refractivity contribution is 5.58. The van der Waals surface area contributed by atoms with Crippen LogP contribution in [0.25, 0.3) is 11.3 Å². The van der Waals surface area contributed by atoms with Gasteiger partial charge in [0.1, 0.15) is 12.4 Å². The zero-order valence-corrected chi connectivity index (χ0v) is 7.67. The molecule has 2 aromatic rings. The molecule has 0 amide bonds. The van der Waals surface area contributed by atoms with Gasteiger partial charge in [-0.05, 0) is 18.2 Å². The number of rotatable bonds is 2. The molecule has 0 aliphatic carbocycles. The molecule has 2 rings (SSSR count). The molecule has 5 heteroatoms. The van der Waals surface area contributed by atoms with Crippen molar-refractivity contribution in [1.29, 1.82) is 0 Å². The number of aliphatic hydroxyl groups excluding tert-OH is 1. The minimum atomic E-state index is -0.910. The highest BCUT2D eigenvalue weighted by atomic mass is 19.2. The maximum absolute atomic E-state index is 12.9. The molecule has 78 valence electrons. The van der Waals surface area contributed by atoms with Crippen LogP contribution in [0.2, 0.25) is 0 Å². The van der Waals surface area contributed by atoms with E-state index in [1.165, 1.54) is 12.3 Å². The SMILES string of the molecule is OCc1ncc(-c2ccc(F)c(F)c2)[nH]1. The van der Waals surface area contributed by atoms with Crippen LogP contribution in [0.5, 0.6) is 0 Å². The van der Waals surface area contributed by atoms with E-state index in [9.17, 15) is 8.78 Å². The van der Waals surface area contributed by atoms with Gasteiger partial charge in [0.15, 0.2) is 11.6 Å². The quantitative estimate of drug-likeness (QED) is 0.794. The Hall–Kier alpha value is -1.75. The summed E-state index contributed by atoms with van der Waals surface area (Å²) >= 11 is 0. The molecule has 0 aliphatic heterocycles. The number of benzene rings is 1. The molecule has 0 aliphatic rings. The van der Waals surface area contributed by atoms with E-state index in [0.29, 0.717) is 17.1 Å². The Morgan fingerprint density at radius 1 is 1.27 bits per heavy atom. The van der Waals surface area contributed by atoms with Gasteiger partial charge in [-0.15, -0.1) is 0 Å². The summed E-state index contributed by atoms with van der Waals surface area (Å²) in [7, 11) is 0. The standard InChI is InChI=1S/C10H8F2N2O/c11-7-2-1-6(3-8(7)12)9-4-13-10(5-15)14-9/h1-4,15H,5H2,(H,13,14).